The van der Waals surface area contributed by atoms with Crippen LogP contribution in [0.4, 0.5) is 5.82 Å². The fourth-order valence-corrected chi connectivity index (χ4v) is 2.21. The lowest BCUT2D eigenvalue weighted by Crippen LogP contribution is -2.31. The van der Waals surface area contributed by atoms with Crippen LogP contribution in [0.25, 0.3) is 0 Å². The molecule has 1 saturated heterocycles. The van der Waals surface area contributed by atoms with Crippen molar-refractivity contribution < 1.29 is 9.47 Å². The van der Waals surface area contributed by atoms with Gasteiger partial charge in [-0.25, -0.2) is 4.98 Å². The minimum Gasteiger partial charge on any atom is -0.365 e. The third-order valence-electron chi connectivity index (χ3n) is 3.25. The lowest BCUT2D eigenvalue weighted by Gasteiger charge is -2.22. The summed E-state index contributed by atoms with van der Waals surface area (Å²) in [6.07, 6.45) is 4.04. The Hall–Kier alpha value is -1.40. The Bertz CT molecular complexity index is 493. The summed E-state index contributed by atoms with van der Waals surface area (Å²) in [7, 11) is 0. The summed E-state index contributed by atoms with van der Waals surface area (Å²) in [6.45, 7) is 8.61. The van der Waals surface area contributed by atoms with Gasteiger partial charge in [0.15, 0.2) is 11.6 Å². The van der Waals surface area contributed by atoms with Crippen molar-refractivity contribution in [2.75, 3.05) is 25.1 Å². The summed E-state index contributed by atoms with van der Waals surface area (Å²) in [6, 6.07) is 0. The maximum atomic E-state index is 12.2. The largest absolute Gasteiger partial charge is 0.365 e. The van der Waals surface area contributed by atoms with Crippen molar-refractivity contribution in [1.29, 1.82) is 0 Å². The smallest absolute Gasteiger partial charge is 0.293 e. The van der Waals surface area contributed by atoms with E-state index in [1.807, 2.05) is 6.92 Å². The second-order valence-electron chi connectivity index (χ2n) is 5.63. The van der Waals surface area contributed by atoms with Crippen LogP contribution in [-0.2, 0) is 16.0 Å². The van der Waals surface area contributed by atoms with Gasteiger partial charge in [0.2, 0.25) is 0 Å². The van der Waals surface area contributed by atoms with E-state index < -0.39 is 5.79 Å². The highest BCUT2D eigenvalue weighted by molar-refractivity contribution is 5.30. The van der Waals surface area contributed by atoms with Crippen LogP contribution in [0, 0.1) is 5.92 Å². The van der Waals surface area contributed by atoms with Gasteiger partial charge in [-0.3, -0.25) is 4.79 Å². The number of rotatable bonds is 6. The SMILES string of the molecule is CC(C)Cn1ccnc(NCCC2(C)OCCO2)c1=O. The fraction of sp³-hybridized carbons (Fsp3) is 0.714. The van der Waals surface area contributed by atoms with Crippen molar-refractivity contribution in [1.82, 2.24) is 9.55 Å². The van der Waals surface area contributed by atoms with Gasteiger partial charge in [-0.2, -0.15) is 0 Å². The van der Waals surface area contributed by atoms with E-state index in [0.717, 1.165) is 0 Å². The molecule has 0 aromatic carbocycles. The molecule has 1 N–H and O–H groups in total. The van der Waals surface area contributed by atoms with Crippen molar-refractivity contribution in [2.45, 2.75) is 39.5 Å². The van der Waals surface area contributed by atoms with E-state index in [2.05, 4.69) is 24.1 Å². The topological polar surface area (TPSA) is 65.4 Å². The quantitative estimate of drug-likeness (QED) is 0.855. The first kappa shape index (κ1) is 15.0. The molecular weight excluding hydrogens is 258 g/mol. The monoisotopic (exact) mass is 281 g/mol. The summed E-state index contributed by atoms with van der Waals surface area (Å²) in [5.41, 5.74) is -0.0837. The average Bonchev–Trinajstić information content (AvgIpc) is 2.80. The lowest BCUT2D eigenvalue weighted by atomic mass is 10.2. The summed E-state index contributed by atoms with van der Waals surface area (Å²) >= 11 is 0. The maximum absolute atomic E-state index is 12.2. The molecule has 0 bridgehead atoms. The molecule has 2 rings (SSSR count). The summed E-state index contributed by atoms with van der Waals surface area (Å²) in [4.78, 5) is 16.3. The first-order valence-corrected chi connectivity index (χ1v) is 7.07. The molecule has 6 nitrogen and oxygen atoms in total. The van der Waals surface area contributed by atoms with Gasteiger partial charge in [0.25, 0.3) is 5.56 Å². The van der Waals surface area contributed by atoms with Crippen molar-refractivity contribution in [3.63, 3.8) is 0 Å². The van der Waals surface area contributed by atoms with Gasteiger partial charge in [-0.1, -0.05) is 13.8 Å². The van der Waals surface area contributed by atoms with E-state index in [1.165, 1.54) is 0 Å². The number of ether oxygens (including phenoxy) is 2. The highest BCUT2D eigenvalue weighted by Gasteiger charge is 2.30. The third kappa shape index (κ3) is 3.80. The van der Waals surface area contributed by atoms with E-state index in [1.54, 1.807) is 17.0 Å². The predicted octanol–water partition coefficient (Wildman–Crippen LogP) is 1.46. The van der Waals surface area contributed by atoms with Crippen LogP contribution in [0.15, 0.2) is 17.2 Å². The molecule has 1 aliphatic rings. The second kappa shape index (κ2) is 6.37. The average molecular weight is 281 g/mol. The molecule has 0 saturated carbocycles. The van der Waals surface area contributed by atoms with Crippen LogP contribution in [0.3, 0.4) is 0 Å². The molecule has 1 fully saturated rings. The summed E-state index contributed by atoms with van der Waals surface area (Å²) < 4.78 is 12.7. The molecule has 2 heterocycles. The minimum absolute atomic E-state index is 0.0837. The molecule has 0 unspecified atom stereocenters. The Kier molecular flexibility index (Phi) is 4.77. The van der Waals surface area contributed by atoms with Crippen LogP contribution in [0.2, 0.25) is 0 Å². The van der Waals surface area contributed by atoms with E-state index in [-0.39, 0.29) is 5.56 Å². The Morgan fingerprint density at radius 1 is 1.45 bits per heavy atom. The molecule has 112 valence electrons. The van der Waals surface area contributed by atoms with Gasteiger partial charge in [0, 0.05) is 31.9 Å². The fourth-order valence-electron chi connectivity index (χ4n) is 2.21. The van der Waals surface area contributed by atoms with E-state index >= 15 is 0 Å². The molecule has 1 aromatic heterocycles. The summed E-state index contributed by atoms with van der Waals surface area (Å²) in [5, 5.41) is 3.07. The van der Waals surface area contributed by atoms with Gasteiger partial charge < -0.3 is 19.4 Å². The Morgan fingerprint density at radius 2 is 2.15 bits per heavy atom. The number of aromatic nitrogens is 2. The van der Waals surface area contributed by atoms with Gasteiger partial charge in [0.1, 0.15) is 0 Å². The highest BCUT2D eigenvalue weighted by atomic mass is 16.7. The first-order valence-electron chi connectivity index (χ1n) is 7.07. The van der Waals surface area contributed by atoms with Gasteiger partial charge in [-0.15, -0.1) is 0 Å². The normalized spacial score (nSPS) is 17.6. The molecule has 1 aromatic rings. The minimum atomic E-state index is -0.543. The van der Waals surface area contributed by atoms with Crippen molar-refractivity contribution in [2.24, 2.45) is 5.92 Å². The number of nitrogens with zero attached hydrogens (tertiary/aromatic N) is 2. The standard InChI is InChI=1S/C14H23N3O3/c1-11(2)10-17-7-6-16-12(13(17)18)15-5-4-14(3)19-8-9-20-14/h6-7,11H,4-5,8-10H2,1-3H3,(H,15,16). The molecule has 0 atom stereocenters. The van der Waals surface area contributed by atoms with Gasteiger partial charge in [0.05, 0.1) is 13.2 Å². The highest BCUT2D eigenvalue weighted by Crippen LogP contribution is 2.21. The van der Waals surface area contributed by atoms with Crippen molar-refractivity contribution >= 4 is 5.82 Å². The Labute approximate surface area is 119 Å². The number of hydrogen-bond acceptors (Lipinski definition) is 5. The zero-order valence-electron chi connectivity index (χ0n) is 12.4. The number of anilines is 1. The summed E-state index contributed by atoms with van der Waals surface area (Å²) in [5.74, 6) is 0.260. The van der Waals surface area contributed by atoms with Crippen LogP contribution in [0.5, 0.6) is 0 Å². The molecule has 6 heteroatoms. The van der Waals surface area contributed by atoms with Crippen LogP contribution < -0.4 is 10.9 Å². The molecule has 1 aliphatic heterocycles. The van der Waals surface area contributed by atoms with E-state index in [0.29, 0.717) is 44.5 Å². The van der Waals surface area contributed by atoms with Crippen molar-refractivity contribution in [3.05, 3.63) is 22.7 Å². The number of nitrogens with one attached hydrogen (secondary N) is 1. The Morgan fingerprint density at radius 3 is 2.80 bits per heavy atom. The molecule has 20 heavy (non-hydrogen) atoms. The number of hydrogen-bond donors (Lipinski definition) is 1. The molecule has 0 amide bonds. The maximum Gasteiger partial charge on any atom is 0.293 e. The van der Waals surface area contributed by atoms with Crippen LogP contribution >= 0.6 is 0 Å². The van der Waals surface area contributed by atoms with Gasteiger partial charge in [-0.05, 0) is 12.8 Å². The lowest BCUT2D eigenvalue weighted by molar-refractivity contribution is -0.144. The predicted molar refractivity (Wildman–Crippen MR) is 76.8 cm³/mol. The van der Waals surface area contributed by atoms with Crippen molar-refractivity contribution in [3.8, 4) is 0 Å². The zero-order valence-corrected chi connectivity index (χ0v) is 12.4. The molecule has 0 aliphatic carbocycles. The van der Waals surface area contributed by atoms with Crippen LogP contribution in [-0.4, -0.2) is 35.1 Å². The molecular formula is C14H23N3O3. The van der Waals surface area contributed by atoms with E-state index in [4.69, 9.17) is 9.47 Å². The second-order valence-corrected chi connectivity index (χ2v) is 5.63. The molecule has 0 radical (unpaired) electrons. The molecule has 0 spiro atoms. The van der Waals surface area contributed by atoms with E-state index in [9.17, 15) is 4.79 Å². The third-order valence-corrected chi connectivity index (χ3v) is 3.25. The Balaban J connectivity index is 1.94. The zero-order chi connectivity index (χ0) is 14.6. The first-order chi connectivity index (χ1) is 9.50. The van der Waals surface area contributed by atoms with Gasteiger partial charge >= 0.3 is 0 Å². The van der Waals surface area contributed by atoms with Crippen LogP contribution in [0.1, 0.15) is 27.2 Å².